The number of rotatable bonds is 12. The number of carbonyl (C=O) groups excluding carboxylic acids is 1. The van der Waals surface area contributed by atoms with Crippen LogP contribution >= 0.6 is 0 Å². The predicted molar refractivity (Wildman–Crippen MR) is 73.2 cm³/mol. The van der Waals surface area contributed by atoms with Gasteiger partial charge in [-0.15, -0.1) is 0 Å². The van der Waals surface area contributed by atoms with Gasteiger partial charge in [-0.1, -0.05) is 64.7 Å². The van der Waals surface area contributed by atoms with E-state index in [1.807, 2.05) is 0 Å². The third kappa shape index (κ3) is 9.47. The van der Waals surface area contributed by atoms with Crippen LogP contribution in [0.3, 0.4) is 0 Å². The number of nitrogens with two attached hydrogens (primary N) is 1. The number of carbonyl (C=O) groups is 2. The quantitative estimate of drug-likeness (QED) is 0.324. The molecule has 0 saturated heterocycles. The molecule has 19 heavy (non-hydrogen) atoms. The number of hydrogen-bond acceptors (Lipinski definition) is 4. The summed E-state index contributed by atoms with van der Waals surface area (Å²) in [4.78, 5) is 25.9. The first-order valence-corrected chi connectivity index (χ1v) is 7.26. The lowest BCUT2D eigenvalue weighted by molar-refractivity contribution is -0.159. The van der Waals surface area contributed by atoms with Crippen LogP contribution in [0, 0.1) is 5.92 Å². The molecule has 1 atom stereocenters. The van der Waals surface area contributed by atoms with Crippen LogP contribution < -0.4 is 5.90 Å². The first kappa shape index (κ1) is 17.9. The molecule has 0 aromatic heterocycles. The zero-order valence-electron chi connectivity index (χ0n) is 11.9. The third-order valence-corrected chi connectivity index (χ3v) is 3.30. The molecule has 0 heterocycles. The van der Waals surface area contributed by atoms with E-state index in [1.165, 1.54) is 38.5 Å². The maximum Gasteiger partial charge on any atom is 0.338 e. The molecule has 0 amide bonds. The molecular weight excluding hydrogens is 246 g/mol. The van der Waals surface area contributed by atoms with Gasteiger partial charge >= 0.3 is 11.9 Å². The van der Waals surface area contributed by atoms with E-state index < -0.39 is 17.9 Å². The Morgan fingerprint density at radius 3 is 1.89 bits per heavy atom. The average molecular weight is 273 g/mol. The number of carboxylic acids is 1. The second-order valence-electron chi connectivity index (χ2n) is 4.94. The van der Waals surface area contributed by atoms with E-state index in [9.17, 15) is 9.59 Å². The summed E-state index contributed by atoms with van der Waals surface area (Å²) in [5.74, 6) is 1.58. The number of hydrogen-bond donors (Lipinski definition) is 2. The van der Waals surface area contributed by atoms with Crippen molar-refractivity contribution in [1.82, 2.24) is 0 Å². The van der Waals surface area contributed by atoms with E-state index in [1.54, 1.807) is 0 Å². The molecule has 0 spiro atoms. The first-order valence-electron chi connectivity index (χ1n) is 7.26. The van der Waals surface area contributed by atoms with Crippen LogP contribution in [0.4, 0.5) is 0 Å². The lowest BCUT2D eigenvalue weighted by atomic mass is 10.00. The first-order chi connectivity index (χ1) is 9.13. The summed E-state index contributed by atoms with van der Waals surface area (Å²) in [7, 11) is 0. The van der Waals surface area contributed by atoms with Gasteiger partial charge in [0.05, 0.1) is 0 Å². The Morgan fingerprint density at radius 1 is 1.00 bits per heavy atom. The van der Waals surface area contributed by atoms with E-state index in [-0.39, 0.29) is 0 Å². The summed E-state index contributed by atoms with van der Waals surface area (Å²) in [6.45, 7) is 2.20. The highest BCUT2D eigenvalue weighted by Crippen LogP contribution is 2.14. The molecule has 0 fully saturated rings. The molecule has 3 N–H and O–H groups in total. The van der Waals surface area contributed by atoms with Crippen molar-refractivity contribution in [1.29, 1.82) is 0 Å². The van der Waals surface area contributed by atoms with Crippen LogP contribution in [0.5, 0.6) is 0 Å². The Labute approximate surface area is 115 Å². The van der Waals surface area contributed by atoms with Gasteiger partial charge in [0.1, 0.15) is 0 Å². The molecule has 1 unspecified atom stereocenters. The van der Waals surface area contributed by atoms with Crippen LogP contribution in [0.2, 0.25) is 0 Å². The van der Waals surface area contributed by atoms with Crippen LogP contribution in [0.25, 0.3) is 0 Å². The summed E-state index contributed by atoms with van der Waals surface area (Å²) >= 11 is 0. The largest absolute Gasteiger partial charge is 0.481 e. The maximum absolute atomic E-state index is 11.1. The molecule has 0 bridgehead atoms. The van der Waals surface area contributed by atoms with Crippen LogP contribution in [-0.4, -0.2) is 17.0 Å². The fraction of sp³-hybridized carbons (Fsp3) is 0.857. The van der Waals surface area contributed by atoms with E-state index in [4.69, 9.17) is 11.0 Å². The molecule has 0 aromatic carbocycles. The SMILES string of the molecule is CCCCCCCCCCCC(C(=O)O)C(=O)ON. The summed E-state index contributed by atoms with van der Waals surface area (Å²) < 4.78 is 0. The van der Waals surface area contributed by atoms with E-state index in [0.29, 0.717) is 6.42 Å². The number of carboxylic acid groups (broad SMARTS) is 1. The van der Waals surface area contributed by atoms with Gasteiger partial charge in [-0.05, 0) is 6.42 Å². The summed E-state index contributed by atoms with van der Waals surface area (Å²) in [5.41, 5.74) is 0. The normalized spacial score (nSPS) is 12.1. The maximum atomic E-state index is 11.1. The van der Waals surface area contributed by atoms with Gasteiger partial charge in [-0.25, -0.2) is 4.79 Å². The summed E-state index contributed by atoms with van der Waals surface area (Å²) in [5, 5.41) is 8.84. The van der Waals surface area contributed by atoms with Gasteiger partial charge in [0, 0.05) is 0 Å². The highest BCUT2D eigenvalue weighted by molar-refractivity contribution is 5.93. The molecule has 5 heteroatoms. The summed E-state index contributed by atoms with van der Waals surface area (Å²) in [6.07, 6.45) is 10.7. The standard InChI is InChI=1S/C14H27NO4/c1-2-3-4-5-6-7-8-9-10-11-12(13(16)17)14(18)19-15/h12H,2-11,15H2,1H3,(H,16,17). The molecule has 0 radical (unpaired) electrons. The second kappa shape index (κ2) is 12.0. The Bertz CT molecular complexity index is 256. The minimum atomic E-state index is -1.16. The molecule has 5 nitrogen and oxygen atoms in total. The van der Waals surface area contributed by atoms with Crippen molar-refractivity contribution in [2.45, 2.75) is 71.1 Å². The Balaban J connectivity index is 3.51. The van der Waals surface area contributed by atoms with Crippen LogP contribution in [-0.2, 0) is 14.4 Å². The van der Waals surface area contributed by atoms with Crippen molar-refractivity contribution < 1.29 is 19.5 Å². The Hall–Kier alpha value is -1.10. The zero-order chi connectivity index (χ0) is 14.5. The number of aliphatic carboxylic acids is 1. The molecule has 112 valence electrons. The van der Waals surface area contributed by atoms with Gasteiger partial charge in [-0.3, -0.25) is 4.79 Å². The Morgan fingerprint density at radius 2 is 1.47 bits per heavy atom. The summed E-state index contributed by atoms with van der Waals surface area (Å²) in [6, 6.07) is 0. The van der Waals surface area contributed by atoms with Gasteiger partial charge in [-0.2, -0.15) is 5.90 Å². The topological polar surface area (TPSA) is 89.6 Å². The van der Waals surface area contributed by atoms with E-state index in [0.717, 1.165) is 19.3 Å². The molecule has 0 saturated carbocycles. The van der Waals surface area contributed by atoms with E-state index in [2.05, 4.69) is 11.8 Å². The highest BCUT2D eigenvalue weighted by atomic mass is 16.7. The Kier molecular flexibility index (Phi) is 11.3. The fourth-order valence-corrected chi connectivity index (χ4v) is 2.08. The predicted octanol–water partition coefficient (Wildman–Crippen LogP) is 3.03. The van der Waals surface area contributed by atoms with Crippen molar-refractivity contribution in [3.63, 3.8) is 0 Å². The van der Waals surface area contributed by atoms with Crippen LogP contribution in [0.15, 0.2) is 0 Å². The minimum Gasteiger partial charge on any atom is -0.481 e. The molecular formula is C14H27NO4. The zero-order valence-corrected chi connectivity index (χ0v) is 11.9. The van der Waals surface area contributed by atoms with Gasteiger partial charge in [0.2, 0.25) is 0 Å². The highest BCUT2D eigenvalue weighted by Gasteiger charge is 2.26. The lowest BCUT2D eigenvalue weighted by Gasteiger charge is -2.08. The van der Waals surface area contributed by atoms with Crippen molar-refractivity contribution >= 4 is 11.9 Å². The molecule has 0 aromatic rings. The van der Waals surface area contributed by atoms with Gasteiger partial charge in [0.25, 0.3) is 0 Å². The molecule has 0 rings (SSSR count). The smallest absolute Gasteiger partial charge is 0.338 e. The minimum absolute atomic E-state index is 0.307. The molecule has 0 aliphatic rings. The van der Waals surface area contributed by atoms with E-state index >= 15 is 0 Å². The second-order valence-corrected chi connectivity index (χ2v) is 4.94. The number of unbranched alkanes of at least 4 members (excludes halogenated alkanes) is 8. The van der Waals surface area contributed by atoms with Crippen molar-refractivity contribution in [3.8, 4) is 0 Å². The van der Waals surface area contributed by atoms with Gasteiger partial charge in [0.15, 0.2) is 5.92 Å². The monoisotopic (exact) mass is 273 g/mol. The molecule has 0 aliphatic heterocycles. The average Bonchev–Trinajstić information content (AvgIpc) is 2.40. The van der Waals surface area contributed by atoms with Crippen molar-refractivity contribution in [3.05, 3.63) is 0 Å². The molecule has 0 aliphatic carbocycles. The van der Waals surface area contributed by atoms with Crippen molar-refractivity contribution in [2.24, 2.45) is 11.8 Å². The third-order valence-electron chi connectivity index (χ3n) is 3.30. The van der Waals surface area contributed by atoms with Crippen molar-refractivity contribution in [2.75, 3.05) is 0 Å². The lowest BCUT2D eigenvalue weighted by Crippen LogP contribution is -2.27. The van der Waals surface area contributed by atoms with Gasteiger partial charge < -0.3 is 9.94 Å². The fourth-order valence-electron chi connectivity index (χ4n) is 2.08. The van der Waals surface area contributed by atoms with Crippen LogP contribution in [0.1, 0.15) is 71.1 Å².